The Kier molecular flexibility index (Phi) is 2.68. The van der Waals surface area contributed by atoms with E-state index in [0.717, 1.165) is 0 Å². The van der Waals surface area contributed by atoms with E-state index in [4.69, 9.17) is 5.11 Å². The molecule has 0 saturated carbocycles. The van der Waals surface area contributed by atoms with Gasteiger partial charge in [0.15, 0.2) is 0 Å². The normalized spacial score (nSPS) is 9.75. The second kappa shape index (κ2) is 3.75. The average Bonchev–Trinajstić information content (AvgIpc) is 2.03. The molecule has 0 amide bonds. The number of hydrogen-bond donors (Lipinski definition) is 1. The average molecular weight is 170 g/mol. The monoisotopic (exact) mass is 170 g/mol. The first kappa shape index (κ1) is 8.58. The molecule has 0 spiro atoms. The van der Waals surface area contributed by atoms with Crippen molar-refractivity contribution >= 4 is 5.97 Å². The Morgan fingerprint density at radius 2 is 2.08 bits per heavy atom. The minimum atomic E-state index is -0.890. The minimum Gasteiger partial charge on any atom is -0.481 e. The molecule has 0 fully saturated rings. The first-order valence-electron chi connectivity index (χ1n) is 3.36. The Hall–Kier alpha value is -1.52. The van der Waals surface area contributed by atoms with E-state index in [-0.39, 0.29) is 6.42 Å². The van der Waals surface area contributed by atoms with Crippen molar-refractivity contribution in [2.24, 2.45) is 0 Å². The summed E-state index contributed by atoms with van der Waals surface area (Å²) in [5.41, 5.74) is 0.624. The van der Waals surface area contributed by atoms with E-state index in [1.165, 1.54) is 12.4 Å². The number of carbonyl (C=O) groups is 1. The molecule has 1 aromatic rings. The van der Waals surface area contributed by atoms with Crippen LogP contribution in [0.1, 0.15) is 12.0 Å². The van der Waals surface area contributed by atoms with Crippen LogP contribution in [0.4, 0.5) is 4.39 Å². The molecule has 12 heavy (non-hydrogen) atoms. The molecule has 1 rings (SSSR count). The Morgan fingerprint density at radius 3 is 2.58 bits per heavy atom. The number of carboxylic acids is 1. The van der Waals surface area contributed by atoms with E-state index in [2.05, 4.69) is 9.97 Å². The molecule has 1 heterocycles. The van der Waals surface area contributed by atoms with Crippen molar-refractivity contribution in [1.82, 2.24) is 9.97 Å². The summed E-state index contributed by atoms with van der Waals surface area (Å²) >= 11 is 0. The van der Waals surface area contributed by atoms with Gasteiger partial charge < -0.3 is 5.11 Å². The van der Waals surface area contributed by atoms with Crippen molar-refractivity contribution < 1.29 is 14.3 Å². The van der Waals surface area contributed by atoms with Gasteiger partial charge in [-0.3, -0.25) is 4.79 Å². The van der Waals surface area contributed by atoms with Crippen LogP contribution in [0.25, 0.3) is 0 Å². The SMILES string of the molecule is O=C(O)CCc1cnc(F)nc1. The highest BCUT2D eigenvalue weighted by Gasteiger charge is 1.99. The molecule has 0 aromatic carbocycles. The van der Waals surface area contributed by atoms with Crippen molar-refractivity contribution in [2.75, 3.05) is 0 Å². The van der Waals surface area contributed by atoms with Crippen molar-refractivity contribution in [3.8, 4) is 0 Å². The molecule has 1 N–H and O–H groups in total. The molecule has 4 nitrogen and oxygen atoms in total. The molecule has 64 valence electrons. The molecule has 0 bridgehead atoms. The Morgan fingerprint density at radius 1 is 1.50 bits per heavy atom. The maximum absolute atomic E-state index is 12.1. The van der Waals surface area contributed by atoms with Crippen LogP contribution in [0.15, 0.2) is 12.4 Å². The van der Waals surface area contributed by atoms with Gasteiger partial charge in [0, 0.05) is 18.8 Å². The third-order valence-corrected chi connectivity index (χ3v) is 1.30. The summed E-state index contributed by atoms with van der Waals surface area (Å²) in [5, 5.41) is 8.31. The van der Waals surface area contributed by atoms with Crippen molar-refractivity contribution in [3.05, 3.63) is 24.0 Å². The van der Waals surface area contributed by atoms with Gasteiger partial charge >= 0.3 is 12.0 Å². The van der Waals surface area contributed by atoms with Crippen LogP contribution in [0, 0.1) is 6.08 Å². The largest absolute Gasteiger partial charge is 0.481 e. The summed E-state index contributed by atoms with van der Waals surface area (Å²) in [5.74, 6) is -0.890. The molecule has 5 heteroatoms. The van der Waals surface area contributed by atoms with Gasteiger partial charge in [-0.1, -0.05) is 0 Å². The topological polar surface area (TPSA) is 63.1 Å². The number of hydrogen-bond acceptors (Lipinski definition) is 3. The van der Waals surface area contributed by atoms with E-state index in [9.17, 15) is 9.18 Å². The summed E-state index contributed by atoms with van der Waals surface area (Å²) in [6.45, 7) is 0. The zero-order valence-electron chi connectivity index (χ0n) is 6.20. The van der Waals surface area contributed by atoms with E-state index < -0.39 is 12.0 Å². The molecule has 0 saturated heterocycles. The second-order valence-corrected chi connectivity index (χ2v) is 2.25. The number of carboxylic acid groups (broad SMARTS) is 1. The number of aryl methyl sites for hydroxylation is 1. The third kappa shape index (κ3) is 2.61. The van der Waals surface area contributed by atoms with Crippen LogP contribution in [0.3, 0.4) is 0 Å². The highest BCUT2D eigenvalue weighted by Crippen LogP contribution is 1.99. The van der Waals surface area contributed by atoms with Gasteiger partial charge in [-0.15, -0.1) is 0 Å². The molecule has 0 aliphatic rings. The van der Waals surface area contributed by atoms with Crippen LogP contribution < -0.4 is 0 Å². The second-order valence-electron chi connectivity index (χ2n) is 2.25. The first-order valence-corrected chi connectivity index (χ1v) is 3.36. The van der Waals surface area contributed by atoms with Crippen LogP contribution in [0.2, 0.25) is 0 Å². The third-order valence-electron chi connectivity index (χ3n) is 1.30. The standard InChI is InChI=1S/C7H7FN2O2/c8-7-9-3-5(4-10-7)1-2-6(11)12/h3-4H,1-2H2,(H,11,12). The number of aromatic nitrogens is 2. The zero-order valence-corrected chi connectivity index (χ0v) is 6.20. The van der Waals surface area contributed by atoms with Crippen molar-refractivity contribution in [1.29, 1.82) is 0 Å². The van der Waals surface area contributed by atoms with Gasteiger partial charge in [0.25, 0.3) is 0 Å². The van der Waals surface area contributed by atoms with Gasteiger partial charge in [-0.05, 0) is 12.0 Å². The van der Waals surface area contributed by atoms with Crippen LogP contribution in [-0.2, 0) is 11.2 Å². The van der Waals surface area contributed by atoms with E-state index in [0.29, 0.717) is 12.0 Å². The fourth-order valence-electron chi connectivity index (χ4n) is 0.719. The summed E-state index contributed by atoms with van der Waals surface area (Å²) in [6, 6.07) is 0. The predicted octanol–water partition coefficient (Wildman–Crippen LogP) is 0.633. The van der Waals surface area contributed by atoms with Crippen LogP contribution in [0.5, 0.6) is 0 Å². The van der Waals surface area contributed by atoms with E-state index in [1.54, 1.807) is 0 Å². The highest BCUT2D eigenvalue weighted by atomic mass is 19.1. The molecule has 0 radical (unpaired) electrons. The molecule has 0 aliphatic carbocycles. The molecule has 0 atom stereocenters. The Labute approximate surface area is 68.1 Å². The van der Waals surface area contributed by atoms with Crippen LogP contribution in [-0.4, -0.2) is 21.0 Å². The maximum atomic E-state index is 12.1. The molecule has 1 aromatic heterocycles. The van der Waals surface area contributed by atoms with Crippen molar-refractivity contribution in [2.45, 2.75) is 12.8 Å². The van der Waals surface area contributed by atoms with Gasteiger partial charge in [0.1, 0.15) is 0 Å². The van der Waals surface area contributed by atoms with Crippen LogP contribution >= 0.6 is 0 Å². The first-order chi connectivity index (χ1) is 5.68. The molecule has 0 unspecified atom stereocenters. The lowest BCUT2D eigenvalue weighted by Gasteiger charge is -1.95. The Bertz CT molecular complexity index is 273. The lowest BCUT2D eigenvalue weighted by Crippen LogP contribution is -1.99. The van der Waals surface area contributed by atoms with Crippen molar-refractivity contribution in [3.63, 3.8) is 0 Å². The van der Waals surface area contributed by atoms with E-state index >= 15 is 0 Å². The Balaban J connectivity index is 2.53. The van der Waals surface area contributed by atoms with Gasteiger partial charge in [-0.2, -0.15) is 4.39 Å². The number of rotatable bonds is 3. The molecular weight excluding hydrogens is 163 g/mol. The maximum Gasteiger partial charge on any atom is 0.308 e. The van der Waals surface area contributed by atoms with Gasteiger partial charge in [-0.25, -0.2) is 9.97 Å². The highest BCUT2D eigenvalue weighted by molar-refractivity contribution is 5.66. The number of halogens is 1. The molecule has 0 aliphatic heterocycles. The summed E-state index contributed by atoms with van der Waals surface area (Å²) in [6.07, 6.45) is 2.11. The van der Waals surface area contributed by atoms with E-state index in [1.807, 2.05) is 0 Å². The van der Waals surface area contributed by atoms with Gasteiger partial charge in [0.05, 0.1) is 0 Å². The summed E-state index contributed by atoms with van der Waals surface area (Å²) in [7, 11) is 0. The number of aliphatic carboxylic acids is 1. The lowest BCUT2D eigenvalue weighted by molar-refractivity contribution is -0.136. The van der Waals surface area contributed by atoms with Gasteiger partial charge in [0.2, 0.25) is 0 Å². The quantitative estimate of drug-likeness (QED) is 0.676. The fourth-order valence-corrected chi connectivity index (χ4v) is 0.719. The predicted molar refractivity (Wildman–Crippen MR) is 37.9 cm³/mol. The zero-order chi connectivity index (χ0) is 8.97. The molecular formula is C7H7FN2O2. The fraction of sp³-hybridized carbons (Fsp3) is 0.286. The lowest BCUT2D eigenvalue weighted by atomic mass is 10.2. The minimum absolute atomic E-state index is 0.00892. The number of nitrogens with zero attached hydrogens (tertiary/aromatic N) is 2. The smallest absolute Gasteiger partial charge is 0.308 e. The summed E-state index contributed by atoms with van der Waals surface area (Å²) < 4.78 is 12.1. The summed E-state index contributed by atoms with van der Waals surface area (Å²) in [4.78, 5) is 16.7.